The number of carbonyl (C=O) groups is 3. The van der Waals surface area contributed by atoms with Gasteiger partial charge in [0.2, 0.25) is 0 Å². The van der Waals surface area contributed by atoms with Crippen molar-refractivity contribution in [3.63, 3.8) is 0 Å². The molecule has 1 aliphatic heterocycles. The number of benzene rings is 2. The van der Waals surface area contributed by atoms with Crippen molar-refractivity contribution in [1.29, 1.82) is 0 Å². The molecule has 0 bridgehead atoms. The van der Waals surface area contributed by atoms with Crippen LogP contribution in [0.5, 0.6) is 17.2 Å². The Bertz CT molecular complexity index is 871. The third-order valence-electron chi connectivity index (χ3n) is 4.08. The van der Waals surface area contributed by atoms with E-state index in [0.717, 1.165) is 0 Å². The van der Waals surface area contributed by atoms with Crippen molar-refractivity contribution in [2.24, 2.45) is 0 Å². The van der Waals surface area contributed by atoms with E-state index < -0.39 is 12.6 Å². The Kier molecular flexibility index (Phi) is 6.26. The van der Waals surface area contributed by atoms with Crippen molar-refractivity contribution in [3.8, 4) is 17.2 Å². The molecule has 2 aromatic rings. The normalized spacial score (nSPS) is 12.2. The molecular formula is C21H20O7. The molecule has 0 radical (unpaired) electrons. The number of ketones is 2. The van der Waals surface area contributed by atoms with Crippen LogP contribution in [0.1, 0.15) is 34.1 Å². The molecule has 0 amide bonds. The molecule has 7 heteroatoms. The Labute approximate surface area is 162 Å². The van der Waals surface area contributed by atoms with Gasteiger partial charge in [0.05, 0.1) is 0 Å². The first-order valence-corrected chi connectivity index (χ1v) is 8.91. The summed E-state index contributed by atoms with van der Waals surface area (Å²) < 4.78 is 21.1. The minimum absolute atomic E-state index is 0.0311. The predicted octanol–water partition coefficient (Wildman–Crippen LogP) is 2.86. The summed E-state index contributed by atoms with van der Waals surface area (Å²) in [5.41, 5.74) is 0.955. The number of ether oxygens (including phenoxy) is 4. The summed E-state index contributed by atoms with van der Waals surface area (Å²) >= 11 is 0. The standard InChI is InChI=1S/C21H20O7/c1-2-17(22)14-3-6-16(7-4-14)27-13-21(24)28-12-18(23)15-5-8-19-20(11-15)26-10-9-25-19/h3-8,11H,2,9-10,12-13H2,1H3. The quantitative estimate of drug-likeness (QED) is 0.511. The zero-order chi connectivity index (χ0) is 19.9. The molecule has 146 valence electrons. The highest BCUT2D eigenvalue weighted by Crippen LogP contribution is 2.30. The topological polar surface area (TPSA) is 88.1 Å². The molecule has 0 unspecified atom stereocenters. The molecule has 2 aromatic carbocycles. The van der Waals surface area contributed by atoms with Crippen molar-refractivity contribution < 1.29 is 33.3 Å². The number of Topliss-reactive ketones (excluding diaryl/α,β-unsaturated/α-hetero) is 2. The van der Waals surface area contributed by atoms with Crippen molar-refractivity contribution in [2.75, 3.05) is 26.4 Å². The van der Waals surface area contributed by atoms with E-state index in [2.05, 4.69) is 0 Å². The van der Waals surface area contributed by atoms with Crippen molar-refractivity contribution >= 4 is 17.5 Å². The summed E-state index contributed by atoms with van der Waals surface area (Å²) in [7, 11) is 0. The molecule has 0 spiro atoms. The Morgan fingerprint density at radius 2 is 1.54 bits per heavy atom. The van der Waals surface area contributed by atoms with Crippen LogP contribution in [0.15, 0.2) is 42.5 Å². The van der Waals surface area contributed by atoms with Gasteiger partial charge in [0.15, 0.2) is 36.3 Å². The van der Waals surface area contributed by atoms with Crippen LogP contribution in [-0.4, -0.2) is 44.0 Å². The third kappa shape index (κ3) is 4.88. The molecule has 7 nitrogen and oxygen atoms in total. The van der Waals surface area contributed by atoms with E-state index in [0.29, 0.717) is 48.0 Å². The minimum Gasteiger partial charge on any atom is -0.486 e. The molecule has 0 atom stereocenters. The highest BCUT2D eigenvalue weighted by Gasteiger charge is 2.16. The van der Waals surface area contributed by atoms with Gasteiger partial charge in [-0.3, -0.25) is 9.59 Å². The lowest BCUT2D eigenvalue weighted by Crippen LogP contribution is -2.20. The van der Waals surface area contributed by atoms with E-state index in [9.17, 15) is 14.4 Å². The van der Waals surface area contributed by atoms with Crippen LogP contribution in [0.2, 0.25) is 0 Å². The maximum atomic E-state index is 12.2. The SMILES string of the molecule is CCC(=O)c1ccc(OCC(=O)OCC(=O)c2ccc3c(c2)OCCO3)cc1. The van der Waals surface area contributed by atoms with E-state index in [1.54, 1.807) is 49.4 Å². The Morgan fingerprint density at radius 1 is 0.857 bits per heavy atom. The van der Waals surface area contributed by atoms with E-state index in [4.69, 9.17) is 18.9 Å². The number of hydrogen-bond acceptors (Lipinski definition) is 7. The van der Waals surface area contributed by atoms with E-state index >= 15 is 0 Å². The summed E-state index contributed by atoms with van der Waals surface area (Å²) in [6.07, 6.45) is 0.421. The summed E-state index contributed by atoms with van der Waals surface area (Å²) in [5, 5.41) is 0. The molecule has 0 N–H and O–H groups in total. The summed E-state index contributed by atoms with van der Waals surface area (Å²) in [6.45, 7) is 1.94. The molecule has 1 aliphatic rings. The van der Waals surface area contributed by atoms with E-state index in [1.165, 1.54) is 0 Å². The Hall–Kier alpha value is -3.35. The van der Waals surface area contributed by atoms with Gasteiger partial charge in [-0.2, -0.15) is 0 Å². The second-order valence-corrected chi connectivity index (χ2v) is 6.03. The van der Waals surface area contributed by atoms with Crippen LogP contribution in [0.4, 0.5) is 0 Å². The first-order valence-electron chi connectivity index (χ1n) is 8.91. The summed E-state index contributed by atoms with van der Waals surface area (Å²) in [4.78, 5) is 35.6. The van der Waals surface area contributed by atoms with Crippen LogP contribution >= 0.6 is 0 Å². The molecule has 28 heavy (non-hydrogen) atoms. The largest absolute Gasteiger partial charge is 0.486 e. The van der Waals surface area contributed by atoms with Gasteiger partial charge in [-0.1, -0.05) is 6.92 Å². The fourth-order valence-corrected chi connectivity index (χ4v) is 2.57. The van der Waals surface area contributed by atoms with Crippen molar-refractivity contribution in [2.45, 2.75) is 13.3 Å². The fourth-order valence-electron chi connectivity index (χ4n) is 2.57. The van der Waals surface area contributed by atoms with Gasteiger partial charge in [-0.15, -0.1) is 0 Å². The third-order valence-corrected chi connectivity index (χ3v) is 4.08. The summed E-state index contributed by atoms with van der Waals surface area (Å²) in [5.74, 6) is 0.523. The molecule has 0 fully saturated rings. The van der Waals surface area contributed by atoms with Crippen LogP contribution < -0.4 is 14.2 Å². The molecule has 1 heterocycles. The number of rotatable bonds is 8. The van der Waals surface area contributed by atoms with Gasteiger partial charge in [0, 0.05) is 17.5 Å². The average molecular weight is 384 g/mol. The first kappa shape index (κ1) is 19.4. The second-order valence-electron chi connectivity index (χ2n) is 6.03. The molecule has 0 aromatic heterocycles. The molecule has 0 saturated heterocycles. The molecule has 3 rings (SSSR count). The highest BCUT2D eigenvalue weighted by atomic mass is 16.6. The van der Waals surface area contributed by atoms with Gasteiger partial charge in [-0.05, 0) is 42.5 Å². The van der Waals surface area contributed by atoms with Gasteiger partial charge >= 0.3 is 5.97 Å². The predicted molar refractivity (Wildman–Crippen MR) is 99.3 cm³/mol. The minimum atomic E-state index is -0.667. The molecule has 0 saturated carbocycles. The lowest BCUT2D eigenvalue weighted by molar-refractivity contribution is -0.144. The Balaban J connectivity index is 1.46. The van der Waals surface area contributed by atoms with Gasteiger partial charge in [0.25, 0.3) is 0 Å². The van der Waals surface area contributed by atoms with Crippen LogP contribution in [0, 0.1) is 0 Å². The number of fused-ring (bicyclic) bond motifs is 1. The maximum absolute atomic E-state index is 12.2. The zero-order valence-electron chi connectivity index (χ0n) is 15.4. The van der Waals surface area contributed by atoms with Gasteiger partial charge in [-0.25, -0.2) is 4.79 Å². The smallest absolute Gasteiger partial charge is 0.344 e. The van der Waals surface area contributed by atoms with E-state index in [1.807, 2.05) is 0 Å². The molecule has 0 aliphatic carbocycles. The van der Waals surface area contributed by atoms with Crippen LogP contribution in [-0.2, 0) is 9.53 Å². The zero-order valence-corrected chi connectivity index (χ0v) is 15.4. The number of esters is 1. The van der Waals surface area contributed by atoms with Crippen LogP contribution in [0.25, 0.3) is 0 Å². The molecular weight excluding hydrogens is 364 g/mol. The summed E-state index contributed by atoms with van der Waals surface area (Å²) in [6, 6.07) is 11.3. The van der Waals surface area contributed by atoms with Gasteiger partial charge < -0.3 is 18.9 Å². The first-order chi connectivity index (χ1) is 13.6. The average Bonchev–Trinajstić information content (AvgIpc) is 2.75. The highest BCUT2D eigenvalue weighted by molar-refractivity contribution is 5.98. The fraction of sp³-hybridized carbons (Fsp3) is 0.286. The Morgan fingerprint density at radius 3 is 2.25 bits per heavy atom. The maximum Gasteiger partial charge on any atom is 0.344 e. The van der Waals surface area contributed by atoms with E-state index in [-0.39, 0.29) is 18.2 Å². The number of hydrogen-bond donors (Lipinski definition) is 0. The monoisotopic (exact) mass is 384 g/mol. The lowest BCUT2D eigenvalue weighted by Gasteiger charge is -2.18. The van der Waals surface area contributed by atoms with Crippen LogP contribution in [0.3, 0.4) is 0 Å². The van der Waals surface area contributed by atoms with Crippen molar-refractivity contribution in [1.82, 2.24) is 0 Å². The second kappa shape index (κ2) is 9.03. The lowest BCUT2D eigenvalue weighted by atomic mass is 10.1. The van der Waals surface area contributed by atoms with Crippen molar-refractivity contribution in [3.05, 3.63) is 53.6 Å². The van der Waals surface area contributed by atoms with Gasteiger partial charge in [0.1, 0.15) is 19.0 Å². The number of carbonyl (C=O) groups excluding carboxylic acids is 3.